The van der Waals surface area contributed by atoms with Crippen LogP contribution in [-0.4, -0.2) is 15.3 Å². The predicted octanol–water partition coefficient (Wildman–Crippen LogP) is 1.05. The van der Waals surface area contributed by atoms with E-state index in [9.17, 15) is 4.21 Å². The van der Waals surface area contributed by atoms with Gasteiger partial charge in [0.1, 0.15) is 0 Å². The molecule has 0 radical (unpaired) electrons. The minimum Gasteiger partial charge on any atom is -0.312 e. The van der Waals surface area contributed by atoms with Crippen LogP contribution in [0.15, 0.2) is 18.2 Å². The van der Waals surface area contributed by atoms with E-state index in [0.29, 0.717) is 0 Å². The summed E-state index contributed by atoms with van der Waals surface area (Å²) in [4.78, 5) is 0. The quantitative estimate of drug-likeness (QED) is 0.719. The third-order valence-electron chi connectivity index (χ3n) is 2.45. The predicted molar refractivity (Wildman–Crippen MR) is 56.3 cm³/mol. The van der Waals surface area contributed by atoms with Gasteiger partial charge in [-0.15, -0.1) is 0 Å². The molecule has 4 heteroatoms. The minimum atomic E-state index is -1.73. The summed E-state index contributed by atoms with van der Waals surface area (Å²) < 4.78 is 19.4. The molecule has 0 spiro atoms. The van der Waals surface area contributed by atoms with E-state index in [0.717, 1.165) is 25.1 Å². The highest BCUT2D eigenvalue weighted by atomic mass is 32.2. The largest absolute Gasteiger partial charge is 0.312 e. The van der Waals surface area contributed by atoms with Crippen molar-refractivity contribution in [2.24, 2.45) is 0 Å². The number of nitrogens with one attached hydrogen (secondary N) is 1. The van der Waals surface area contributed by atoms with Gasteiger partial charge in [0.15, 0.2) is 11.1 Å². The molecule has 1 heterocycles. The highest BCUT2D eigenvalue weighted by Gasteiger charge is 2.09. The van der Waals surface area contributed by atoms with Crippen molar-refractivity contribution >= 4 is 11.1 Å². The van der Waals surface area contributed by atoms with Crippen LogP contribution < -0.4 is 5.32 Å². The molecular formula is C10H13NO2S. The fourth-order valence-electron chi connectivity index (χ4n) is 1.76. The highest BCUT2D eigenvalue weighted by Crippen LogP contribution is 2.16. The molecule has 2 N–H and O–H groups in total. The molecule has 1 atom stereocenters. The third-order valence-corrected chi connectivity index (χ3v) is 3.03. The van der Waals surface area contributed by atoms with Crippen LogP contribution in [0.2, 0.25) is 0 Å². The topological polar surface area (TPSA) is 49.3 Å². The van der Waals surface area contributed by atoms with E-state index in [2.05, 4.69) is 5.32 Å². The summed E-state index contributed by atoms with van der Waals surface area (Å²) in [5.41, 5.74) is 3.57. The Labute approximate surface area is 85.8 Å². The molecule has 0 saturated heterocycles. The summed E-state index contributed by atoms with van der Waals surface area (Å²) in [5, 5.41) is 3.29. The van der Waals surface area contributed by atoms with Crippen LogP contribution in [0.3, 0.4) is 0 Å². The van der Waals surface area contributed by atoms with E-state index in [1.54, 1.807) is 0 Å². The van der Waals surface area contributed by atoms with Crippen LogP contribution in [-0.2, 0) is 29.8 Å². The standard InChI is InChI=1S/C10H13NO2S/c12-14(13)7-8-1-2-10-6-11-4-3-9(10)5-8/h1-2,5,11H,3-4,6-7H2,(H,12,13). The third kappa shape index (κ3) is 2.20. The van der Waals surface area contributed by atoms with Crippen molar-refractivity contribution in [3.63, 3.8) is 0 Å². The van der Waals surface area contributed by atoms with Crippen LogP contribution in [0.1, 0.15) is 16.7 Å². The molecule has 1 aromatic rings. The van der Waals surface area contributed by atoms with Gasteiger partial charge in [-0.05, 0) is 29.7 Å². The Hall–Kier alpha value is -0.710. The number of hydrogen-bond acceptors (Lipinski definition) is 2. The molecule has 1 unspecified atom stereocenters. The fraction of sp³-hybridized carbons (Fsp3) is 0.400. The molecule has 1 aliphatic rings. The second-order valence-corrected chi connectivity index (χ2v) is 4.43. The zero-order chi connectivity index (χ0) is 9.97. The summed E-state index contributed by atoms with van der Waals surface area (Å²) in [6.07, 6.45) is 1.02. The summed E-state index contributed by atoms with van der Waals surface area (Å²) in [7, 11) is 0. The smallest absolute Gasteiger partial charge is 0.157 e. The van der Waals surface area contributed by atoms with Crippen LogP contribution in [0.5, 0.6) is 0 Å². The van der Waals surface area contributed by atoms with E-state index in [1.165, 1.54) is 11.1 Å². The van der Waals surface area contributed by atoms with Crippen molar-refractivity contribution in [1.82, 2.24) is 5.32 Å². The van der Waals surface area contributed by atoms with Gasteiger partial charge in [-0.1, -0.05) is 18.2 Å². The van der Waals surface area contributed by atoms with E-state index < -0.39 is 11.1 Å². The molecule has 1 aromatic carbocycles. The molecule has 76 valence electrons. The van der Waals surface area contributed by atoms with Gasteiger partial charge >= 0.3 is 0 Å². The monoisotopic (exact) mass is 211 g/mol. The van der Waals surface area contributed by atoms with Crippen molar-refractivity contribution in [1.29, 1.82) is 0 Å². The maximum absolute atomic E-state index is 10.6. The Kier molecular flexibility index (Phi) is 2.96. The van der Waals surface area contributed by atoms with Crippen LogP contribution in [0.25, 0.3) is 0 Å². The first-order valence-electron chi connectivity index (χ1n) is 4.64. The Bertz CT molecular complexity index is 365. The normalized spacial score (nSPS) is 17.5. The summed E-state index contributed by atoms with van der Waals surface area (Å²) in [5.74, 6) is 0.237. The number of fused-ring (bicyclic) bond motifs is 1. The molecule has 3 nitrogen and oxygen atoms in total. The molecular weight excluding hydrogens is 198 g/mol. The van der Waals surface area contributed by atoms with Crippen molar-refractivity contribution in [3.05, 3.63) is 34.9 Å². The lowest BCUT2D eigenvalue weighted by atomic mass is 9.99. The molecule has 0 saturated carbocycles. The van der Waals surface area contributed by atoms with Crippen molar-refractivity contribution in [3.8, 4) is 0 Å². The van der Waals surface area contributed by atoms with Crippen LogP contribution in [0.4, 0.5) is 0 Å². The van der Waals surface area contributed by atoms with Crippen molar-refractivity contribution in [2.45, 2.75) is 18.7 Å². The first-order valence-corrected chi connectivity index (χ1v) is 5.92. The lowest BCUT2D eigenvalue weighted by Gasteiger charge is -2.17. The lowest BCUT2D eigenvalue weighted by molar-refractivity contribution is 0.563. The van der Waals surface area contributed by atoms with Gasteiger partial charge in [-0.2, -0.15) is 0 Å². The molecule has 0 aromatic heterocycles. The summed E-state index contributed by atoms with van der Waals surface area (Å²) >= 11 is -1.73. The van der Waals surface area contributed by atoms with E-state index >= 15 is 0 Å². The van der Waals surface area contributed by atoms with Gasteiger partial charge in [-0.3, -0.25) is 0 Å². The highest BCUT2D eigenvalue weighted by molar-refractivity contribution is 7.78. The Morgan fingerprint density at radius 2 is 2.29 bits per heavy atom. The van der Waals surface area contributed by atoms with Gasteiger partial charge in [-0.25, -0.2) is 4.21 Å². The zero-order valence-corrected chi connectivity index (χ0v) is 8.64. The average Bonchev–Trinajstić information content (AvgIpc) is 2.17. The van der Waals surface area contributed by atoms with Crippen molar-refractivity contribution < 1.29 is 8.76 Å². The van der Waals surface area contributed by atoms with E-state index in [1.807, 2.05) is 18.2 Å². The lowest BCUT2D eigenvalue weighted by Crippen LogP contribution is -2.23. The van der Waals surface area contributed by atoms with Gasteiger partial charge in [0.25, 0.3) is 0 Å². The minimum absolute atomic E-state index is 0.237. The Morgan fingerprint density at radius 3 is 3.07 bits per heavy atom. The maximum Gasteiger partial charge on any atom is 0.157 e. The molecule has 1 aliphatic heterocycles. The van der Waals surface area contributed by atoms with Crippen LogP contribution >= 0.6 is 0 Å². The van der Waals surface area contributed by atoms with Gasteiger partial charge in [0.05, 0.1) is 5.75 Å². The Morgan fingerprint density at radius 1 is 1.43 bits per heavy atom. The second-order valence-electron chi connectivity index (χ2n) is 3.50. The number of rotatable bonds is 2. The van der Waals surface area contributed by atoms with Gasteiger partial charge < -0.3 is 9.87 Å². The van der Waals surface area contributed by atoms with E-state index in [-0.39, 0.29) is 5.75 Å². The van der Waals surface area contributed by atoms with Crippen molar-refractivity contribution in [2.75, 3.05) is 6.54 Å². The Balaban J connectivity index is 2.24. The van der Waals surface area contributed by atoms with E-state index in [4.69, 9.17) is 4.55 Å². The average molecular weight is 211 g/mol. The zero-order valence-electron chi connectivity index (χ0n) is 7.82. The number of hydrogen-bond donors (Lipinski definition) is 2. The maximum atomic E-state index is 10.6. The summed E-state index contributed by atoms with van der Waals surface area (Å²) in [6, 6.07) is 6.02. The second kappa shape index (κ2) is 4.21. The molecule has 14 heavy (non-hydrogen) atoms. The SMILES string of the molecule is O=S(O)Cc1ccc2c(c1)CCNC2. The first-order chi connectivity index (χ1) is 6.75. The molecule has 0 bridgehead atoms. The van der Waals surface area contributed by atoms with Gasteiger partial charge in [0, 0.05) is 6.54 Å². The van der Waals surface area contributed by atoms with Gasteiger partial charge in [0.2, 0.25) is 0 Å². The number of benzene rings is 1. The molecule has 0 amide bonds. The molecule has 2 rings (SSSR count). The summed E-state index contributed by atoms with van der Waals surface area (Å²) in [6.45, 7) is 1.91. The van der Waals surface area contributed by atoms with Crippen LogP contribution in [0, 0.1) is 0 Å². The fourth-order valence-corrected chi connectivity index (χ4v) is 2.23. The first kappa shape index (κ1) is 9.83. The molecule has 0 aliphatic carbocycles. The molecule has 0 fully saturated rings.